The number of carbonyl (C=O) groups is 1. The number of nitro benzene ring substituents is 1. The minimum atomic E-state index is -0.718. The van der Waals surface area contributed by atoms with E-state index in [0.29, 0.717) is 28.0 Å². The van der Waals surface area contributed by atoms with Crippen LogP contribution < -0.4 is 10.1 Å². The van der Waals surface area contributed by atoms with Crippen LogP contribution in [0.5, 0.6) is 5.75 Å². The van der Waals surface area contributed by atoms with E-state index in [2.05, 4.69) is 15.5 Å². The molecule has 1 N–H and O–H groups in total. The first-order chi connectivity index (χ1) is 17.4. The average Bonchev–Trinajstić information content (AvgIpc) is 3.52. The number of nitriles is 1. The van der Waals surface area contributed by atoms with Gasteiger partial charge in [-0.3, -0.25) is 20.2 Å². The van der Waals surface area contributed by atoms with Gasteiger partial charge in [0, 0.05) is 11.6 Å². The van der Waals surface area contributed by atoms with Crippen LogP contribution in [-0.4, -0.2) is 27.6 Å². The standard InChI is InChI=1S/C24H16ClN5O5S/c1-2-34-15-7-9-18(20(12-15)30(32)33)21-10-8-16(35-21)11-14(13-26)22(31)27-24-29-28-23(36-24)17-5-3-4-6-19(17)25/h3-12H,2H2,1H3,(H,27,29,31). The summed E-state index contributed by atoms with van der Waals surface area (Å²) in [6, 6.07) is 16.3. The van der Waals surface area contributed by atoms with E-state index in [1.165, 1.54) is 30.3 Å². The number of carbonyl (C=O) groups excluding carboxylic acids is 1. The van der Waals surface area contributed by atoms with E-state index in [1.807, 2.05) is 6.07 Å². The van der Waals surface area contributed by atoms with Gasteiger partial charge in [-0.05, 0) is 37.3 Å². The third kappa shape index (κ3) is 5.41. The number of furan rings is 1. The van der Waals surface area contributed by atoms with Crippen LogP contribution in [0.1, 0.15) is 12.7 Å². The zero-order valence-electron chi connectivity index (χ0n) is 18.6. The highest BCUT2D eigenvalue weighted by atomic mass is 35.5. The van der Waals surface area contributed by atoms with Crippen molar-refractivity contribution in [3.05, 3.63) is 81.1 Å². The lowest BCUT2D eigenvalue weighted by Crippen LogP contribution is -2.13. The fourth-order valence-electron chi connectivity index (χ4n) is 3.18. The Balaban J connectivity index is 1.54. The molecule has 2 heterocycles. The lowest BCUT2D eigenvalue weighted by atomic mass is 10.1. The minimum absolute atomic E-state index is 0.161. The second-order valence-electron chi connectivity index (χ2n) is 7.09. The molecule has 0 radical (unpaired) electrons. The van der Waals surface area contributed by atoms with Gasteiger partial charge in [-0.1, -0.05) is 41.1 Å². The van der Waals surface area contributed by atoms with Gasteiger partial charge in [0.25, 0.3) is 11.6 Å². The van der Waals surface area contributed by atoms with Crippen LogP contribution in [0.3, 0.4) is 0 Å². The molecule has 36 heavy (non-hydrogen) atoms. The molecule has 2 aromatic heterocycles. The molecule has 180 valence electrons. The number of hydrogen-bond acceptors (Lipinski definition) is 9. The number of anilines is 1. The number of benzene rings is 2. The molecule has 0 aliphatic rings. The Labute approximate surface area is 213 Å². The Hall–Kier alpha value is -4.53. The second kappa shape index (κ2) is 10.8. The third-order valence-electron chi connectivity index (χ3n) is 4.77. The summed E-state index contributed by atoms with van der Waals surface area (Å²) >= 11 is 7.28. The third-order valence-corrected chi connectivity index (χ3v) is 5.97. The molecule has 0 aliphatic carbocycles. The van der Waals surface area contributed by atoms with Gasteiger partial charge in [0.15, 0.2) is 5.01 Å². The van der Waals surface area contributed by atoms with E-state index < -0.39 is 10.8 Å². The van der Waals surface area contributed by atoms with E-state index >= 15 is 0 Å². The van der Waals surface area contributed by atoms with Crippen molar-refractivity contribution in [3.8, 4) is 33.7 Å². The molecule has 0 spiro atoms. The SMILES string of the molecule is CCOc1ccc(-c2ccc(C=C(C#N)C(=O)Nc3nnc(-c4ccccc4Cl)s3)o2)c([N+](=O)[O-])c1. The molecule has 0 saturated carbocycles. The van der Waals surface area contributed by atoms with Gasteiger partial charge in [-0.25, -0.2) is 0 Å². The number of halogens is 1. The maximum absolute atomic E-state index is 12.6. The number of hydrogen-bond donors (Lipinski definition) is 1. The molecular formula is C24H16ClN5O5S. The van der Waals surface area contributed by atoms with Crippen LogP contribution in [0.2, 0.25) is 5.02 Å². The van der Waals surface area contributed by atoms with E-state index in [9.17, 15) is 20.2 Å². The van der Waals surface area contributed by atoms with Gasteiger partial charge in [0.05, 0.1) is 28.2 Å². The quantitative estimate of drug-likeness (QED) is 0.129. The van der Waals surface area contributed by atoms with Crippen molar-refractivity contribution in [3.63, 3.8) is 0 Å². The summed E-state index contributed by atoms with van der Waals surface area (Å²) < 4.78 is 11.0. The summed E-state index contributed by atoms with van der Waals surface area (Å²) in [5.74, 6) is -0.00195. The van der Waals surface area contributed by atoms with Crippen molar-refractivity contribution in [1.82, 2.24) is 10.2 Å². The van der Waals surface area contributed by atoms with Gasteiger partial charge in [0.1, 0.15) is 28.9 Å². The Morgan fingerprint density at radius 2 is 2.06 bits per heavy atom. The average molecular weight is 522 g/mol. The molecule has 12 heteroatoms. The Kier molecular flexibility index (Phi) is 7.39. The summed E-state index contributed by atoms with van der Waals surface area (Å²) in [5, 5.41) is 32.7. The monoisotopic (exact) mass is 521 g/mol. The second-order valence-corrected chi connectivity index (χ2v) is 8.47. The molecular weight excluding hydrogens is 506 g/mol. The lowest BCUT2D eigenvalue weighted by Gasteiger charge is -2.05. The van der Waals surface area contributed by atoms with Crippen LogP contribution in [0.4, 0.5) is 10.8 Å². The van der Waals surface area contributed by atoms with Gasteiger partial charge in [-0.2, -0.15) is 5.26 Å². The van der Waals surface area contributed by atoms with Crippen LogP contribution in [0, 0.1) is 21.4 Å². The highest BCUT2D eigenvalue weighted by Gasteiger charge is 2.20. The van der Waals surface area contributed by atoms with Gasteiger partial charge < -0.3 is 9.15 Å². The Bertz CT molecular complexity index is 1520. The maximum atomic E-state index is 12.6. The molecule has 4 rings (SSSR count). The fourth-order valence-corrected chi connectivity index (χ4v) is 4.23. The van der Waals surface area contributed by atoms with Crippen molar-refractivity contribution < 1.29 is 18.9 Å². The molecule has 2 aromatic carbocycles. The first-order valence-corrected chi connectivity index (χ1v) is 11.6. The van der Waals surface area contributed by atoms with Crippen molar-refractivity contribution in [2.45, 2.75) is 6.92 Å². The maximum Gasteiger partial charge on any atom is 0.284 e. The highest BCUT2D eigenvalue weighted by molar-refractivity contribution is 7.18. The van der Waals surface area contributed by atoms with Crippen molar-refractivity contribution >= 4 is 45.7 Å². The number of amides is 1. The fraction of sp³-hybridized carbons (Fsp3) is 0.0833. The first kappa shape index (κ1) is 24.6. The van der Waals surface area contributed by atoms with Crippen LogP contribution >= 0.6 is 22.9 Å². The number of nitrogens with zero attached hydrogens (tertiary/aromatic N) is 4. The van der Waals surface area contributed by atoms with Crippen molar-refractivity contribution in [1.29, 1.82) is 5.26 Å². The summed E-state index contributed by atoms with van der Waals surface area (Å²) in [4.78, 5) is 23.6. The molecule has 10 nitrogen and oxygen atoms in total. The molecule has 0 atom stereocenters. The van der Waals surface area contributed by atoms with Crippen LogP contribution in [0.15, 0.2) is 64.6 Å². The summed E-state index contributed by atoms with van der Waals surface area (Å²) in [7, 11) is 0. The molecule has 0 bridgehead atoms. The lowest BCUT2D eigenvalue weighted by molar-refractivity contribution is -0.384. The van der Waals surface area contributed by atoms with Crippen LogP contribution in [-0.2, 0) is 4.79 Å². The minimum Gasteiger partial charge on any atom is -0.494 e. The Morgan fingerprint density at radius 3 is 2.78 bits per heavy atom. The van der Waals surface area contributed by atoms with E-state index in [4.69, 9.17) is 20.8 Å². The normalized spacial score (nSPS) is 11.1. The topological polar surface area (TPSA) is 144 Å². The number of nitrogens with one attached hydrogen (secondary N) is 1. The van der Waals surface area contributed by atoms with Gasteiger partial charge in [-0.15, -0.1) is 10.2 Å². The van der Waals surface area contributed by atoms with Crippen molar-refractivity contribution in [2.75, 3.05) is 11.9 Å². The zero-order chi connectivity index (χ0) is 25.7. The Morgan fingerprint density at radius 1 is 1.25 bits per heavy atom. The van der Waals surface area contributed by atoms with E-state index in [0.717, 1.165) is 11.3 Å². The van der Waals surface area contributed by atoms with Crippen molar-refractivity contribution in [2.24, 2.45) is 0 Å². The van der Waals surface area contributed by atoms with Gasteiger partial charge in [0.2, 0.25) is 5.13 Å². The zero-order valence-corrected chi connectivity index (χ0v) is 20.2. The van der Waals surface area contributed by atoms with Crippen LogP contribution in [0.25, 0.3) is 28.0 Å². The predicted molar refractivity (Wildman–Crippen MR) is 135 cm³/mol. The van der Waals surface area contributed by atoms with E-state index in [-0.39, 0.29) is 33.5 Å². The number of aromatic nitrogens is 2. The van der Waals surface area contributed by atoms with E-state index in [1.54, 1.807) is 37.3 Å². The molecule has 0 aliphatic heterocycles. The highest BCUT2D eigenvalue weighted by Crippen LogP contribution is 2.35. The summed E-state index contributed by atoms with van der Waals surface area (Å²) in [6.45, 7) is 2.14. The summed E-state index contributed by atoms with van der Waals surface area (Å²) in [6.07, 6.45) is 1.23. The molecule has 1 amide bonds. The molecule has 0 saturated heterocycles. The summed E-state index contributed by atoms with van der Waals surface area (Å²) in [5.41, 5.74) is 0.438. The predicted octanol–water partition coefficient (Wildman–Crippen LogP) is 5.97. The number of rotatable bonds is 8. The largest absolute Gasteiger partial charge is 0.494 e. The first-order valence-electron chi connectivity index (χ1n) is 10.4. The number of ether oxygens (including phenoxy) is 1. The number of nitro groups is 1. The van der Waals surface area contributed by atoms with Gasteiger partial charge >= 0.3 is 0 Å². The smallest absolute Gasteiger partial charge is 0.284 e. The molecule has 4 aromatic rings. The molecule has 0 fully saturated rings. The molecule has 0 unspecified atom stereocenters.